The molecule has 2 rings (SSSR count). The van der Waals surface area contributed by atoms with Crippen molar-refractivity contribution >= 4 is 18.5 Å². The quantitative estimate of drug-likeness (QED) is 0.213. The largest absolute Gasteiger partial charge is 4.00 e. The molecule has 0 atom stereocenters. The third-order valence-corrected chi connectivity index (χ3v) is 6.65. The van der Waals surface area contributed by atoms with Gasteiger partial charge in [-0.2, -0.15) is 0 Å². The number of benzene rings is 2. The SMILES string of the molecule is CCCCC=C(CCCC)P(c1ccccc1)c1ccccc1.[Cl-].[Cl-].[Cl-].[Cl-].[Zr+4]. The molecule has 0 aliphatic carbocycles. The first-order valence-corrected chi connectivity index (χ1v) is 10.3. The van der Waals surface area contributed by atoms with Crippen molar-refractivity contribution < 1.29 is 75.8 Å². The molecule has 0 fully saturated rings. The van der Waals surface area contributed by atoms with Crippen LogP contribution in [0.5, 0.6) is 0 Å². The first-order chi connectivity index (χ1) is 11.4. The molecule has 2 aromatic rings. The molecule has 0 spiro atoms. The van der Waals surface area contributed by atoms with E-state index in [0.29, 0.717) is 0 Å². The maximum atomic E-state index is 2.55. The van der Waals surface area contributed by atoms with Crippen molar-refractivity contribution in [2.75, 3.05) is 0 Å². The monoisotopic (exact) mass is 554 g/mol. The van der Waals surface area contributed by atoms with Crippen LogP contribution in [0.2, 0.25) is 0 Å². The Balaban J connectivity index is -0.000000576. The molecule has 0 bridgehead atoms. The average Bonchev–Trinajstić information content (AvgIpc) is 2.61. The van der Waals surface area contributed by atoms with Gasteiger partial charge in [-0.25, -0.2) is 0 Å². The minimum Gasteiger partial charge on any atom is -1.00 e. The summed E-state index contributed by atoms with van der Waals surface area (Å²) >= 11 is 0. The van der Waals surface area contributed by atoms with Crippen molar-refractivity contribution in [3.8, 4) is 0 Å². The summed E-state index contributed by atoms with van der Waals surface area (Å²) in [7, 11) is -0.381. The Morgan fingerprint density at radius 2 is 1.14 bits per heavy atom. The molecule has 0 amide bonds. The minimum atomic E-state index is -0.381. The van der Waals surface area contributed by atoms with Crippen LogP contribution >= 0.6 is 7.92 Å². The second-order valence-corrected chi connectivity index (χ2v) is 8.23. The predicted molar refractivity (Wildman–Crippen MR) is 106 cm³/mol. The van der Waals surface area contributed by atoms with Gasteiger partial charge in [0.2, 0.25) is 0 Å². The van der Waals surface area contributed by atoms with Crippen molar-refractivity contribution in [2.45, 2.75) is 52.4 Å². The smallest absolute Gasteiger partial charge is 1.00 e. The summed E-state index contributed by atoms with van der Waals surface area (Å²) in [5, 5.41) is 4.62. The first kappa shape index (κ1) is 36.1. The van der Waals surface area contributed by atoms with E-state index in [4.69, 9.17) is 0 Å². The van der Waals surface area contributed by atoms with Crippen molar-refractivity contribution in [2.24, 2.45) is 0 Å². The third kappa shape index (κ3) is 12.4. The standard InChI is InChI=1S/C22H29P.4ClH.Zr/c1-3-5-9-15-20(14-6-4-2)23(21-16-10-7-11-17-21)22-18-12-8-13-19-22;;;;;/h7-8,10-13,15-19H,3-6,9,14H2,1-2H3;4*1H;/q;;;;;+4/p-4. The number of halogens is 4. The Hall–Kier alpha value is 0.653. The molecule has 0 aromatic heterocycles. The van der Waals surface area contributed by atoms with Crippen molar-refractivity contribution in [1.29, 1.82) is 0 Å². The van der Waals surface area contributed by atoms with Gasteiger partial charge in [0.25, 0.3) is 0 Å². The molecule has 0 N–H and O–H groups in total. The fraction of sp³-hybridized carbons (Fsp3) is 0.364. The van der Waals surface area contributed by atoms with Gasteiger partial charge in [0.1, 0.15) is 0 Å². The molecular weight excluding hydrogens is 528 g/mol. The fourth-order valence-corrected chi connectivity index (χ4v) is 5.37. The van der Waals surface area contributed by atoms with Crippen LogP contribution in [0.1, 0.15) is 52.4 Å². The van der Waals surface area contributed by atoms with E-state index in [1.54, 1.807) is 5.31 Å². The number of hydrogen-bond acceptors (Lipinski definition) is 0. The summed E-state index contributed by atoms with van der Waals surface area (Å²) < 4.78 is 0. The zero-order chi connectivity index (χ0) is 16.3. The predicted octanol–water partition coefficient (Wildman–Crippen LogP) is -5.60. The van der Waals surface area contributed by atoms with Crippen LogP contribution in [0, 0.1) is 0 Å². The topological polar surface area (TPSA) is 0 Å². The summed E-state index contributed by atoms with van der Waals surface area (Å²) in [6.45, 7) is 4.56. The van der Waals surface area contributed by atoms with Crippen LogP contribution < -0.4 is 60.2 Å². The van der Waals surface area contributed by atoms with E-state index >= 15 is 0 Å². The summed E-state index contributed by atoms with van der Waals surface area (Å²) in [5.41, 5.74) is 0. The Bertz CT molecular complexity index is 555. The van der Waals surface area contributed by atoms with E-state index < -0.39 is 0 Å². The molecule has 6 heteroatoms. The fourth-order valence-electron chi connectivity index (χ4n) is 2.77. The molecule has 0 saturated heterocycles. The molecule has 154 valence electrons. The van der Waals surface area contributed by atoms with Gasteiger partial charge < -0.3 is 49.6 Å². The van der Waals surface area contributed by atoms with Gasteiger partial charge in [0.05, 0.1) is 0 Å². The average molecular weight is 557 g/mol. The second kappa shape index (κ2) is 22.3. The molecular formula is C22H29Cl4PZr. The van der Waals surface area contributed by atoms with Gasteiger partial charge in [-0.15, -0.1) is 0 Å². The van der Waals surface area contributed by atoms with E-state index in [-0.39, 0.29) is 83.8 Å². The van der Waals surface area contributed by atoms with Crippen molar-refractivity contribution in [3.63, 3.8) is 0 Å². The summed E-state index contributed by atoms with van der Waals surface area (Å²) in [6.07, 6.45) is 10.1. The number of hydrogen-bond donors (Lipinski definition) is 0. The summed E-state index contributed by atoms with van der Waals surface area (Å²) in [4.78, 5) is 0. The molecule has 0 radical (unpaired) electrons. The van der Waals surface area contributed by atoms with E-state index in [0.717, 1.165) is 0 Å². The maximum absolute atomic E-state index is 2.55. The Morgan fingerprint density at radius 3 is 1.54 bits per heavy atom. The van der Waals surface area contributed by atoms with E-state index in [9.17, 15) is 0 Å². The van der Waals surface area contributed by atoms with Gasteiger partial charge in [-0.1, -0.05) is 99.8 Å². The molecule has 0 heterocycles. The Labute approximate surface area is 217 Å². The van der Waals surface area contributed by atoms with Crippen molar-refractivity contribution in [3.05, 3.63) is 72.1 Å². The van der Waals surface area contributed by atoms with E-state index in [1.807, 2.05) is 0 Å². The number of allylic oxidation sites excluding steroid dienone is 2. The molecule has 0 aliphatic heterocycles. The van der Waals surface area contributed by atoms with E-state index in [2.05, 4.69) is 80.6 Å². The van der Waals surface area contributed by atoms with Gasteiger partial charge in [-0.3, -0.25) is 0 Å². The number of unbranched alkanes of at least 4 members (excludes halogenated alkanes) is 3. The van der Waals surface area contributed by atoms with Gasteiger partial charge in [-0.05, 0) is 43.1 Å². The normalized spacial score (nSPS) is 9.75. The van der Waals surface area contributed by atoms with Gasteiger partial charge in [0.15, 0.2) is 0 Å². The minimum absolute atomic E-state index is 0. The third-order valence-electron chi connectivity index (χ3n) is 4.04. The summed E-state index contributed by atoms with van der Waals surface area (Å²) in [6, 6.07) is 22.2. The number of rotatable bonds is 9. The molecule has 28 heavy (non-hydrogen) atoms. The molecule has 0 aliphatic rings. The van der Waals surface area contributed by atoms with E-state index in [1.165, 1.54) is 49.1 Å². The first-order valence-electron chi connectivity index (χ1n) is 8.96. The molecule has 0 nitrogen and oxygen atoms in total. The zero-order valence-electron chi connectivity index (χ0n) is 16.6. The van der Waals surface area contributed by atoms with Crippen LogP contribution in [0.15, 0.2) is 72.1 Å². The van der Waals surface area contributed by atoms with Crippen LogP contribution in [-0.2, 0) is 26.2 Å². The van der Waals surface area contributed by atoms with Gasteiger partial charge >= 0.3 is 26.2 Å². The van der Waals surface area contributed by atoms with Gasteiger partial charge in [0, 0.05) is 0 Å². The van der Waals surface area contributed by atoms with Crippen LogP contribution in [0.25, 0.3) is 0 Å². The van der Waals surface area contributed by atoms with Crippen molar-refractivity contribution in [1.82, 2.24) is 0 Å². The maximum Gasteiger partial charge on any atom is 4.00 e. The van der Waals surface area contributed by atoms with Crippen LogP contribution in [0.4, 0.5) is 0 Å². The van der Waals surface area contributed by atoms with Crippen LogP contribution in [0.3, 0.4) is 0 Å². The Kier molecular flexibility index (Phi) is 28.8. The Morgan fingerprint density at radius 1 is 0.714 bits per heavy atom. The summed E-state index contributed by atoms with van der Waals surface area (Å²) in [5.74, 6) is 0. The molecule has 0 unspecified atom stereocenters. The zero-order valence-corrected chi connectivity index (χ0v) is 22.9. The molecule has 0 saturated carbocycles. The second-order valence-electron chi connectivity index (χ2n) is 5.95. The van der Waals surface area contributed by atoms with Crippen LogP contribution in [-0.4, -0.2) is 0 Å². The molecule has 2 aromatic carbocycles.